The Kier molecular flexibility index (Phi) is 5.27. The number of nitrogens with one attached hydrogen (secondary N) is 2. The Morgan fingerprint density at radius 1 is 0.969 bits per heavy atom. The van der Waals surface area contributed by atoms with E-state index in [2.05, 4.69) is 26.6 Å². The van der Waals surface area contributed by atoms with Crippen LogP contribution in [0.5, 0.6) is 0 Å². The van der Waals surface area contributed by atoms with E-state index in [0.29, 0.717) is 21.3 Å². The predicted molar refractivity (Wildman–Crippen MR) is 126 cm³/mol. The van der Waals surface area contributed by atoms with Crippen molar-refractivity contribution in [2.24, 2.45) is 0 Å². The molecule has 0 unspecified atom stereocenters. The first-order valence-electron chi connectivity index (χ1n) is 9.92. The molecule has 8 heteroatoms. The van der Waals surface area contributed by atoms with Gasteiger partial charge in [-0.1, -0.05) is 47.5 Å². The molecular formula is C24H16BrCl2FN2O2. The lowest BCUT2D eigenvalue weighted by Gasteiger charge is -2.46. The normalized spacial score (nSPS) is 24.2. The summed E-state index contributed by atoms with van der Waals surface area (Å²) in [6.07, 6.45) is 0.0920. The van der Waals surface area contributed by atoms with Gasteiger partial charge in [-0.2, -0.15) is 0 Å². The van der Waals surface area contributed by atoms with E-state index in [1.807, 2.05) is 12.1 Å². The third-order valence-corrected chi connectivity index (χ3v) is 7.36. The van der Waals surface area contributed by atoms with Crippen molar-refractivity contribution in [2.75, 3.05) is 5.32 Å². The molecule has 0 radical (unpaired) electrons. The van der Waals surface area contributed by atoms with Gasteiger partial charge in [0, 0.05) is 28.1 Å². The molecule has 4 nitrogen and oxygen atoms in total. The second-order valence-electron chi connectivity index (χ2n) is 8.00. The van der Waals surface area contributed by atoms with Crippen LogP contribution in [0.3, 0.4) is 0 Å². The van der Waals surface area contributed by atoms with Gasteiger partial charge in [0.15, 0.2) is 0 Å². The third kappa shape index (κ3) is 3.24. The Bertz CT molecular complexity index is 1280. The summed E-state index contributed by atoms with van der Waals surface area (Å²) in [6, 6.07) is 16.2. The van der Waals surface area contributed by atoms with E-state index in [9.17, 15) is 14.0 Å². The lowest BCUT2D eigenvalue weighted by Crippen LogP contribution is -2.56. The summed E-state index contributed by atoms with van der Waals surface area (Å²) in [6.45, 7) is 0. The first-order valence-corrected chi connectivity index (χ1v) is 11.5. The number of carbonyl (C=O) groups excluding carboxylic acids is 2. The van der Waals surface area contributed by atoms with E-state index in [1.54, 1.807) is 42.5 Å². The van der Waals surface area contributed by atoms with Crippen LogP contribution < -0.4 is 10.6 Å². The van der Waals surface area contributed by atoms with E-state index in [4.69, 9.17) is 23.2 Å². The van der Waals surface area contributed by atoms with Gasteiger partial charge in [-0.25, -0.2) is 4.39 Å². The van der Waals surface area contributed by atoms with Gasteiger partial charge >= 0.3 is 0 Å². The van der Waals surface area contributed by atoms with Crippen LogP contribution in [0.4, 0.5) is 10.1 Å². The standard InChI is InChI=1S/C24H16BrCl2FN2O2/c25-18-9-13(4-7-19(18)28)22-24(16-6-5-15(27)10-20(16)29-23(24)32)17(11-21(31)30-22)12-2-1-3-14(26)8-12/h1-10,17,22H,11H2,(H,29,32)(H,30,31)/t17-,22+,24-/m0/s1. The maximum atomic E-state index is 14.0. The van der Waals surface area contributed by atoms with Gasteiger partial charge in [0.25, 0.3) is 0 Å². The summed E-state index contributed by atoms with van der Waals surface area (Å²) in [7, 11) is 0. The molecule has 0 aromatic heterocycles. The van der Waals surface area contributed by atoms with Crippen molar-refractivity contribution in [3.63, 3.8) is 0 Å². The van der Waals surface area contributed by atoms with Crippen LogP contribution in [0.1, 0.15) is 35.1 Å². The van der Waals surface area contributed by atoms with Crippen molar-refractivity contribution in [1.82, 2.24) is 5.32 Å². The molecule has 0 saturated carbocycles. The van der Waals surface area contributed by atoms with Gasteiger partial charge < -0.3 is 10.6 Å². The van der Waals surface area contributed by atoms with Crippen molar-refractivity contribution in [1.29, 1.82) is 0 Å². The van der Waals surface area contributed by atoms with Crippen LogP contribution in [0, 0.1) is 5.82 Å². The summed E-state index contributed by atoms with van der Waals surface area (Å²) >= 11 is 15.7. The average Bonchev–Trinajstić information content (AvgIpc) is 3.03. The zero-order valence-electron chi connectivity index (χ0n) is 16.5. The average molecular weight is 534 g/mol. The molecule has 0 bridgehead atoms. The molecule has 32 heavy (non-hydrogen) atoms. The topological polar surface area (TPSA) is 58.2 Å². The van der Waals surface area contributed by atoms with E-state index >= 15 is 0 Å². The van der Waals surface area contributed by atoms with Crippen molar-refractivity contribution in [2.45, 2.75) is 23.8 Å². The molecule has 3 atom stereocenters. The SMILES string of the molecule is O=C1C[C@@H](c2cccc(Cl)c2)[C@]2(C(=O)Nc3cc(Cl)ccc32)[C@@H](c2ccc(F)c(Br)c2)N1. The van der Waals surface area contributed by atoms with E-state index in [1.165, 1.54) is 6.07 Å². The van der Waals surface area contributed by atoms with Gasteiger partial charge in [0.1, 0.15) is 11.2 Å². The first-order chi connectivity index (χ1) is 15.3. The Hall–Kier alpha value is -2.41. The largest absolute Gasteiger partial charge is 0.348 e. The minimum Gasteiger partial charge on any atom is -0.348 e. The highest BCUT2D eigenvalue weighted by atomic mass is 79.9. The number of carbonyl (C=O) groups is 2. The zero-order chi connectivity index (χ0) is 22.6. The van der Waals surface area contributed by atoms with Crippen LogP contribution in [0.15, 0.2) is 65.1 Å². The van der Waals surface area contributed by atoms with E-state index in [0.717, 1.165) is 11.1 Å². The molecule has 3 aromatic carbocycles. The fraction of sp³-hybridized carbons (Fsp3) is 0.167. The summed E-state index contributed by atoms with van der Waals surface area (Å²) in [5.74, 6) is -1.41. The minimum atomic E-state index is -1.18. The van der Waals surface area contributed by atoms with Crippen LogP contribution in [-0.2, 0) is 15.0 Å². The fourth-order valence-electron chi connectivity index (χ4n) is 4.98. The van der Waals surface area contributed by atoms with Gasteiger partial charge in [-0.05, 0) is 69.0 Å². The number of rotatable bonds is 2. The molecule has 2 aliphatic rings. The quantitative estimate of drug-likeness (QED) is 0.416. The predicted octanol–water partition coefficient (Wildman–Crippen LogP) is 6.13. The summed E-state index contributed by atoms with van der Waals surface area (Å²) in [4.78, 5) is 26.7. The maximum absolute atomic E-state index is 14.0. The number of hydrogen-bond donors (Lipinski definition) is 2. The number of amides is 2. The Balaban J connectivity index is 1.81. The second-order valence-corrected chi connectivity index (χ2v) is 9.73. The first kappa shape index (κ1) is 21.4. The van der Waals surface area contributed by atoms with E-state index in [-0.39, 0.29) is 22.7 Å². The molecule has 3 aromatic rings. The van der Waals surface area contributed by atoms with Crippen molar-refractivity contribution in [3.8, 4) is 0 Å². The molecule has 5 rings (SSSR count). The lowest BCUT2D eigenvalue weighted by molar-refractivity contribution is -0.131. The summed E-state index contributed by atoms with van der Waals surface area (Å²) < 4.78 is 14.3. The van der Waals surface area contributed by atoms with E-state index < -0.39 is 23.2 Å². The highest BCUT2D eigenvalue weighted by Crippen LogP contribution is 2.57. The Labute approximate surface area is 202 Å². The van der Waals surface area contributed by atoms with Crippen molar-refractivity contribution in [3.05, 3.63) is 97.7 Å². The van der Waals surface area contributed by atoms with Gasteiger partial charge in [0.05, 0.1) is 10.5 Å². The Morgan fingerprint density at radius 2 is 1.75 bits per heavy atom. The van der Waals surface area contributed by atoms with Gasteiger partial charge in [0.2, 0.25) is 11.8 Å². The number of anilines is 1. The number of benzene rings is 3. The summed E-state index contributed by atoms with van der Waals surface area (Å²) in [5, 5.41) is 6.96. The number of hydrogen-bond acceptors (Lipinski definition) is 2. The molecule has 1 fully saturated rings. The molecule has 2 amide bonds. The van der Waals surface area contributed by atoms with Crippen LogP contribution in [0.25, 0.3) is 0 Å². The van der Waals surface area contributed by atoms with Crippen LogP contribution in [-0.4, -0.2) is 11.8 Å². The molecule has 0 aliphatic carbocycles. The van der Waals surface area contributed by atoms with Gasteiger partial charge in [-0.15, -0.1) is 0 Å². The smallest absolute Gasteiger partial charge is 0.238 e. The Morgan fingerprint density at radius 3 is 2.50 bits per heavy atom. The molecule has 162 valence electrons. The number of fused-ring (bicyclic) bond motifs is 2. The second kappa shape index (κ2) is 7.87. The maximum Gasteiger partial charge on any atom is 0.238 e. The third-order valence-electron chi connectivity index (χ3n) is 6.28. The highest BCUT2D eigenvalue weighted by Gasteiger charge is 2.61. The number of halogens is 4. The van der Waals surface area contributed by atoms with Crippen LogP contribution in [0.2, 0.25) is 10.0 Å². The van der Waals surface area contributed by atoms with Crippen molar-refractivity contribution >= 4 is 56.6 Å². The fourth-order valence-corrected chi connectivity index (χ4v) is 5.75. The molecule has 1 spiro atoms. The lowest BCUT2D eigenvalue weighted by atomic mass is 9.59. The summed E-state index contributed by atoms with van der Waals surface area (Å²) in [5.41, 5.74) is 1.52. The molecule has 1 saturated heterocycles. The van der Waals surface area contributed by atoms with Crippen LogP contribution >= 0.6 is 39.1 Å². The van der Waals surface area contributed by atoms with Crippen molar-refractivity contribution < 1.29 is 14.0 Å². The molecule has 2 N–H and O–H groups in total. The molecule has 2 aliphatic heterocycles. The monoisotopic (exact) mass is 532 g/mol. The number of piperidine rings is 1. The molecule has 2 heterocycles. The van der Waals surface area contributed by atoms with Gasteiger partial charge in [-0.3, -0.25) is 9.59 Å². The zero-order valence-corrected chi connectivity index (χ0v) is 19.6. The highest BCUT2D eigenvalue weighted by molar-refractivity contribution is 9.10. The molecular weight excluding hydrogens is 518 g/mol. The minimum absolute atomic E-state index is 0.0920.